The van der Waals surface area contributed by atoms with Crippen LogP contribution >= 0.6 is 11.3 Å². The minimum atomic E-state index is -0.278. The molecule has 0 amide bonds. The first-order valence-electron chi connectivity index (χ1n) is 8.77. The first-order chi connectivity index (χ1) is 11.9. The molecule has 1 saturated carbocycles. The fourth-order valence-electron chi connectivity index (χ4n) is 3.57. The molecule has 3 heterocycles. The number of rotatable bonds is 5. The van der Waals surface area contributed by atoms with Gasteiger partial charge in [0, 0.05) is 13.2 Å². The Morgan fingerprint density at radius 1 is 1.32 bits per heavy atom. The number of fused-ring (bicyclic) bond motifs is 1. The molecule has 134 valence electrons. The van der Waals surface area contributed by atoms with E-state index in [1.54, 1.807) is 11.5 Å². The van der Waals surface area contributed by atoms with Crippen molar-refractivity contribution in [2.24, 2.45) is 5.41 Å². The first-order valence-corrected chi connectivity index (χ1v) is 9.59. The highest BCUT2D eigenvalue weighted by atomic mass is 32.1. The van der Waals surface area contributed by atoms with E-state index in [1.807, 2.05) is 0 Å². The van der Waals surface area contributed by atoms with E-state index in [9.17, 15) is 14.4 Å². The van der Waals surface area contributed by atoms with Gasteiger partial charge in [-0.1, -0.05) is 6.92 Å². The van der Waals surface area contributed by atoms with Crippen LogP contribution in [0.4, 0.5) is 0 Å². The molecular formula is C18H22N2O4S. The lowest BCUT2D eigenvalue weighted by atomic mass is 10.1. The molecule has 2 fully saturated rings. The summed E-state index contributed by atoms with van der Waals surface area (Å²) < 4.78 is 8.72. The number of carbonyl (C=O) groups excluding carboxylic acids is 1. The molecule has 2 aromatic heterocycles. The first kappa shape index (κ1) is 16.7. The number of nitrogens with zero attached hydrogens (tertiary/aromatic N) is 2. The maximum absolute atomic E-state index is 13.1. The highest BCUT2D eigenvalue weighted by molar-refractivity contribution is 7.20. The molecule has 0 aromatic carbocycles. The van der Waals surface area contributed by atoms with Crippen molar-refractivity contribution in [1.82, 2.24) is 9.13 Å². The van der Waals surface area contributed by atoms with Crippen molar-refractivity contribution in [2.75, 3.05) is 6.61 Å². The largest absolute Gasteiger partial charge is 0.376 e. The van der Waals surface area contributed by atoms with E-state index >= 15 is 0 Å². The van der Waals surface area contributed by atoms with Gasteiger partial charge >= 0.3 is 5.69 Å². The van der Waals surface area contributed by atoms with Crippen LogP contribution in [0.5, 0.6) is 0 Å². The lowest BCUT2D eigenvalue weighted by Crippen LogP contribution is -2.42. The van der Waals surface area contributed by atoms with Crippen LogP contribution in [-0.4, -0.2) is 28.1 Å². The molecule has 0 radical (unpaired) electrons. The van der Waals surface area contributed by atoms with Crippen LogP contribution in [0.15, 0.2) is 9.59 Å². The Morgan fingerprint density at radius 2 is 2.08 bits per heavy atom. The van der Waals surface area contributed by atoms with Crippen LogP contribution in [0.1, 0.15) is 47.8 Å². The molecule has 0 N–H and O–H groups in total. The van der Waals surface area contributed by atoms with Gasteiger partial charge in [-0.2, -0.15) is 0 Å². The van der Waals surface area contributed by atoms with Crippen LogP contribution in [0, 0.1) is 12.3 Å². The van der Waals surface area contributed by atoms with Crippen LogP contribution in [0.2, 0.25) is 0 Å². The molecule has 1 aliphatic heterocycles. The summed E-state index contributed by atoms with van der Waals surface area (Å²) in [5.74, 6) is 0. The minimum Gasteiger partial charge on any atom is -0.376 e. The summed E-state index contributed by atoms with van der Waals surface area (Å²) in [6, 6.07) is 0. The van der Waals surface area contributed by atoms with Crippen molar-refractivity contribution in [3.8, 4) is 0 Å². The zero-order valence-electron chi connectivity index (χ0n) is 14.5. The molecule has 6 nitrogen and oxygen atoms in total. The summed E-state index contributed by atoms with van der Waals surface area (Å²) in [6.45, 7) is 5.48. The summed E-state index contributed by atoms with van der Waals surface area (Å²) in [5.41, 5.74) is 0.171. The zero-order valence-corrected chi connectivity index (χ0v) is 15.4. The summed E-state index contributed by atoms with van der Waals surface area (Å²) in [4.78, 5) is 38.6. The Hall–Kier alpha value is -1.73. The van der Waals surface area contributed by atoms with Gasteiger partial charge < -0.3 is 4.74 Å². The number of hydrogen-bond acceptors (Lipinski definition) is 5. The highest BCUT2D eigenvalue weighted by Crippen LogP contribution is 2.46. The second kappa shape index (κ2) is 5.92. The maximum atomic E-state index is 13.1. The fourth-order valence-corrected chi connectivity index (χ4v) is 4.69. The quantitative estimate of drug-likeness (QED) is 0.766. The Morgan fingerprint density at radius 3 is 2.68 bits per heavy atom. The number of hydrogen-bond donors (Lipinski definition) is 0. The number of thiophene rings is 1. The molecule has 0 unspecified atom stereocenters. The van der Waals surface area contributed by atoms with Crippen molar-refractivity contribution in [3.63, 3.8) is 0 Å². The van der Waals surface area contributed by atoms with E-state index in [0.29, 0.717) is 40.4 Å². The highest BCUT2D eigenvalue weighted by Gasteiger charge is 2.39. The fraction of sp³-hybridized carbons (Fsp3) is 0.611. The van der Waals surface area contributed by atoms with Gasteiger partial charge in [0.25, 0.3) is 5.56 Å². The average molecular weight is 362 g/mol. The van der Waals surface area contributed by atoms with Crippen LogP contribution in [0.3, 0.4) is 0 Å². The average Bonchev–Trinajstić information content (AvgIpc) is 2.99. The van der Waals surface area contributed by atoms with E-state index in [-0.39, 0.29) is 22.8 Å². The van der Waals surface area contributed by atoms with Crippen molar-refractivity contribution < 1.29 is 9.53 Å². The number of carbonyl (C=O) groups is 1. The maximum Gasteiger partial charge on any atom is 0.332 e. The Labute approximate surface area is 149 Å². The van der Waals surface area contributed by atoms with Gasteiger partial charge in [-0.25, -0.2) is 4.79 Å². The lowest BCUT2D eigenvalue weighted by molar-refractivity contribution is 0.0965. The molecule has 2 aromatic rings. The van der Waals surface area contributed by atoms with Gasteiger partial charge in [-0.05, 0) is 43.6 Å². The van der Waals surface area contributed by atoms with Crippen molar-refractivity contribution in [2.45, 2.75) is 58.7 Å². The zero-order chi connectivity index (χ0) is 17.8. The van der Waals surface area contributed by atoms with Gasteiger partial charge in [0.2, 0.25) is 0 Å². The second-order valence-corrected chi connectivity index (χ2v) is 8.65. The van der Waals surface area contributed by atoms with E-state index in [4.69, 9.17) is 4.74 Å². The van der Waals surface area contributed by atoms with Crippen molar-refractivity contribution >= 4 is 27.8 Å². The third-order valence-electron chi connectivity index (χ3n) is 5.49. The predicted molar refractivity (Wildman–Crippen MR) is 96.8 cm³/mol. The van der Waals surface area contributed by atoms with Crippen molar-refractivity contribution in [3.05, 3.63) is 31.3 Å². The molecule has 1 aliphatic carbocycles. The summed E-state index contributed by atoms with van der Waals surface area (Å²) in [7, 11) is 0. The molecule has 25 heavy (non-hydrogen) atoms. The SMILES string of the molecule is Cc1c(C=O)sc2c1c(=O)n(CC1(C)CC1)c(=O)n2C[C@H]1CCCO1. The predicted octanol–water partition coefficient (Wildman–Crippen LogP) is 2.32. The number of ether oxygens (including phenoxy) is 1. The third-order valence-corrected chi connectivity index (χ3v) is 6.73. The molecule has 0 bridgehead atoms. The van der Waals surface area contributed by atoms with E-state index < -0.39 is 0 Å². The summed E-state index contributed by atoms with van der Waals surface area (Å²) in [6.07, 6.45) is 4.73. The molecule has 2 aliphatic rings. The topological polar surface area (TPSA) is 70.3 Å². The molecule has 1 atom stereocenters. The van der Waals surface area contributed by atoms with Crippen LogP contribution < -0.4 is 11.2 Å². The molecule has 1 saturated heterocycles. The monoisotopic (exact) mass is 362 g/mol. The van der Waals surface area contributed by atoms with Gasteiger partial charge in [0.05, 0.1) is 22.9 Å². The molecule has 4 rings (SSSR count). The smallest absolute Gasteiger partial charge is 0.332 e. The van der Waals surface area contributed by atoms with Gasteiger partial charge in [0.15, 0.2) is 6.29 Å². The van der Waals surface area contributed by atoms with Gasteiger partial charge in [0.1, 0.15) is 4.83 Å². The summed E-state index contributed by atoms with van der Waals surface area (Å²) in [5, 5.41) is 0.508. The van der Waals surface area contributed by atoms with E-state index in [2.05, 4.69) is 6.92 Å². The Kier molecular flexibility index (Phi) is 3.96. The number of aryl methyl sites for hydroxylation is 1. The van der Waals surface area contributed by atoms with Gasteiger partial charge in [-0.15, -0.1) is 11.3 Å². The minimum absolute atomic E-state index is 0.00884. The van der Waals surface area contributed by atoms with Crippen molar-refractivity contribution in [1.29, 1.82) is 0 Å². The van der Waals surface area contributed by atoms with E-state index in [1.165, 1.54) is 15.9 Å². The Bertz CT molecular complexity index is 958. The van der Waals surface area contributed by atoms with Gasteiger partial charge in [-0.3, -0.25) is 18.7 Å². The van der Waals surface area contributed by atoms with Crippen LogP contribution in [0.25, 0.3) is 10.2 Å². The second-order valence-electron chi connectivity index (χ2n) is 7.62. The number of aldehydes is 1. The molecular weight excluding hydrogens is 340 g/mol. The molecule has 0 spiro atoms. The normalized spacial score (nSPS) is 21.8. The number of aromatic nitrogens is 2. The third kappa shape index (κ3) is 2.79. The standard InChI is InChI=1S/C18H22N2O4S/c1-11-13(9-21)25-16-14(11)15(22)20(10-18(2)5-6-18)17(23)19(16)8-12-4-3-7-24-12/h9,12H,3-8,10H2,1-2H3/t12-/m1/s1. The Balaban J connectivity index is 1.94. The lowest BCUT2D eigenvalue weighted by Gasteiger charge is -2.17. The molecule has 7 heteroatoms. The van der Waals surface area contributed by atoms with E-state index in [0.717, 1.165) is 32.0 Å². The summed E-state index contributed by atoms with van der Waals surface area (Å²) >= 11 is 1.23. The van der Waals surface area contributed by atoms with Crippen LogP contribution in [-0.2, 0) is 17.8 Å².